The normalized spacial score (nSPS) is 13.7. The van der Waals surface area contributed by atoms with Gasteiger partial charge in [-0.05, 0) is 19.8 Å². The molecule has 0 saturated carbocycles. The predicted molar refractivity (Wildman–Crippen MR) is 42.8 cm³/mol. The summed E-state index contributed by atoms with van der Waals surface area (Å²) in [5.74, 6) is 0.571. The highest BCUT2D eigenvalue weighted by Crippen LogP contribution is 1.95. The van der Waals surface area contributed by atoms with Crippen LogP contribution in [0.5, 0.6) is 0 Å². The largest absolute Gasteiger partial charge is 0.266 e. The molecular formula is C8H15N. The third-order valence-corrected chi connectivity index (χ3v) is 1.26. The zero-order chi connectivity index (χ0) is 7.28. The molecule has 0 aliphatic rings. The van der Waals surface area contributed by atoms with Crippen LogP contribution in [0.25, 0.3) is 0 Å². The van der Waals surface area contributed by atoms with Gasteiger partial charge in [-0.25, -0.2) is 0 Å². The average Bonchev–Trinajstić information content (AvgIpc) is 1.82. The quantitative estimate of drug-likeness (QED) is 0.503. The molecule has 0 heterocycles. The van der Waals surface area contributed by atoms with Crippen molar-refractivity contribution in [2.24, 2.45) is 10.9 Å². The molecule has 0 atom stereocenters. The topological polar surface area (TPSA) is 12.4 Å². The maximum atomic E-state index is 4.18. The molecule has 0 fully saturated rings. The summed E-state index contributed by atoms with van der Waals surface area (Å²) in [6.07, 6.45) is 3.77. The van der Waals surface area contributed by atoms with E-state index in [4.69, 9.17) is 0 Å². The van der Waals surface area contributed by atoms with E-state index in [0.29, 0.717) is 5.92 Å². The second kappa shape index (κ2) is 4.30. The molecule has 0 aliphatic carbocycles. The zero-order valence-electron chi connectivity index (χ0n) is 6.68. The Balaban J connectivity index is 3.84. The van der Waals surface area contributed by atoms with E-state index >= 15 is 0 Å². The van der Waals surface area contributed by atoms with Gasteiger partial charge in [0.05, 0.1) is 0 Å². The number of aliphatic imine (C=N–C) groups is 1. The van der Waals surface area contributed by atoms with Crippen molar-refractivity contribution in [3.63, 3.8) is 0 Å². The minimum absolute atomic E-state index is 0.571. The summed E-state index contributed by atoms with van der Waals surface area (Å²) in [5.41, 5.74) is 1.19. The maximum absolute atomic E-state index is 4.18. The number of allylic oxidation sites excluding steroid dienone is 1. The van der Waals surface area contributed by atoms with Crippen molar-refractivity contribution in [2.75, 3.05) is 0 Å². The number of rotatable bonds is 2. The summed E-state index contributed by atoms with van der Waals surface area (Å²) in [7, 11) is 0. The summed E-state index contributed by atoms with van der Waals surface area (Å²) < 4.78 is 0. The fourth-order valence-electron chi connectivity index (χ4n) is 0.341. The first-order valence-corrected chi connectivity index (χ1v) is 3.34. The summed E-state index contributed by atoms with van der Waals surface area (Å²) in [5, 5.41) is 0. The van der Waals surface area contributed by atoms with E-state index in [1.54, 1.807) is 0 Å². The molecule has 52 valence electrons. The van der Waals surface area contributed by atoms with Gasteiger partial charge in [-0.2, -0.15) is 0 Å². The molecule has 0 aromatic rings. The van der Waals surface area contributed by atoms with Crippen LogP contribution >= 0.6 is 0 Å². The second-order valence-corrected chi connectivity index (χ2v) is 2.41. The van der Waals surface area contributed by atoms with E-state index in [2.05, 4.69) is 18.8 Å². The minimum atomic E-state index is 0.571. The predicted octanol–water partition coefficient (Wildman–Crippen LogP) is 2.64. The van der Waals surface area contributed by atoms with Crippen LogP contribution in [0.1, 0.15) is 27.7 Å². The first-order chi connectivity index (χ1) is 4.18. The van der Waals surface area contributed by atoms with Crippen LogP contribution in [-0.4, -0.2) is 5.71 Å². The highest BCUT2D eigenvalue weighted by atomic mass is 14.7. The molecule has 0 radical (unpaired) electrons. The average molecular weight is 125 g/mol. The van der Waals surface area contributed by atoms with Crippen LogP contribution in [0.15, 0.2) is 17.3 Å². The second-order valence-electron chi connectivity index (χ2n) is 2.41. The smallest absolute Gasteiger partial charge is 0.0224 e. The van der Waals surface area contributed by atoms with Crippen molar-refractivity contribution in [3.05, 3.63) is 12.3 Å². The van der Waals surface area contributed by atoms with Gasteiger partial charge in [-0.3, -0.25) is 4.99 Å². The number of hydrogen-bond donors (Lipinski definition) is 0. The third kappa shape index (κ3) is 3.95. The Morgan fingerprint density at radius 1 is 1.44 bits per heavy atom. The van der Waals surface area contributed by atoms with Gasteiger partial charge < -0.3 is 0 Å². The SMILES string of the molecule is C/C=C\N=C(C)C(C)C. The first-order valence-electron chi connectivity index (χ1n) is 3.34. The van der Waals surface area contributed by atoms with E-state index in [9.17, 15) is 0 Å². The fourth-order valence-corrected chi connectivity index (χ4v) is 0.341. The van der Waals surface area contributed by atoms with Gasteiger partial charge in [0.2, 0.25) is 0 Å². The molecule has 0 bridgehead atoms. The zero-order valence-corrected chi connectivity index (χ0v) is 6.68. The Bertz CT molecular complexity index is 121. The van der Waals surface area contributed by atoms with E-state index in [0.717, 1.165) is 0 Å². The Hall–Kier alpha value is -0.590. The van der Waals surface area contributed by atoms with Gasteiger partial charge in [-0.1, -0.05) is 19.9 Å². The van der Waals surface area contributed by atoms with Gasteiger partial charge in [0, 0.05) is 11.9 Å². The monoisotopic (exact) mass is 125 g/mol. The van der Waals surface area contributed by atoms with E-state index in [1.807, 2.05) is 26.1 Å². The van der Waals surface area contributed by atoms with Crippen molar-refractivity contribution in [1.29, 1.82) is 0 Å². The molecule has 9 heavy (non-hydrogen) atoms. The molecule has 0 rings (SSSR count). The molecule has 0 aromatic heterocycles. The molecule has 0 amide bonds. The first kappa shape index (κ1) is 8.41. The van der Waals surface area contributed by atoms with E-state index < -0.39 is 0 Å². The van der Waals surface area contributed by atoms with E-state index in [-0.39, 0.29) is 0 Å². The van der Waals surface area contributed by atoms with Crippen molar-refractivity contribution in [2.45, 2.75) is 27.7 Å². The highest BCUT2D eigenvalue weighted by Gasteiger charge is 1.93. The van der Waals surface area contributed by atoms with E-state index in [1.165, 1.54) is 5.71 Å². The van der Waals surface area contributed by atoms with Gasteiger partial charge in [0.15, 0.2) is 0 Å². The molecule has 0 spiro atoms. The maximum Gasteiger partial charge on any atom is 0.0224 e. The molecule has 1 nitrogen and oxygen atoms in total. The molecule has 0 aliphatic heterocycles. The molecule has 0 aromatic carbocycles. The van der Waals surface area contributed by atoms with Gasteiger partial charge in [0.1, 0.15) is 0 Å². The lowest BCUT2D eigenvalue weighted by Crippen LogP contribution is -1.99. The van der Waals surface area contributed by atoms with Crippen molar-refractivity contribution >= 4 is 5.71 Å². The van der Waals surface area contributed by atoms with Crippen molar-refractivity contribution in [3.8, 4) is 0 Å². The Labute approximate surface area is 57.5 Å². The van der Waals surface area contributed by atoms with Crippen LogP contribution < -0.4 is 0 Å². The number of hydrogen-bond acceptors (Lipinski definition) is 1. The summed E-state index contributed by atoms with van der Waals surface area (Å²) >= 11 is 0. The lowest BCUT2D eigenvalue weighted by Gasteiger charge is -1.99. The van der Waals surface area contributed by atoms with Crippen LogP contribution in [-0.2, 0) is 0 Å². The summed E-state index contributed by atoms with van der Waals surface area (Å²) in [4.78, 5) is 4.18. The summed E-state index contributed by atoms with van der Waals surface area (Å²) in [6.45, 7) is 8.30. The van der Waals surface area contributed by atoms with Crippen LogP contribution in [0.4, 0.5) is 0 Å². The molecule has 0 unspecified atom stereocenters. The highest BCUT2D eigenvalue weighted by molar-refractivity contribution is 5.84. The Morgan fingerprint density at radius 2 is 2.00 bits per heavy atom. The van der Waals surface area contributed by atoms with Crippen LogP contribution in [0, 0.1) is 5.92 Å². The Morgan fingerprint density at radius 3 is 2.33 bits per heavy atom. The summed E-state index contributed by atoms with van der Waals surface area (Å²) in [6, 6.07) is 0. The van der Waals surface area contributed by atoms with Crippen LogP contribution in [0.3, 0.4) is 0 Å². The van der Waals surface area contributed by atoms with Crippen molar-refractivity contribution < 1.29 is 0 Å². The lowest BCUT2D eigenvalue weighted by molar-refractivity contribution is 0.878. The van der Waals surface area contributed by atoms with Crippen molar-refractivity contribution in [1.82, 2.24) is 0 Å². The van der Waals surface area contributed by atoms with Gasteiger partial charge in [-0.15, -0.1) is 0 Å². The minimum Gasteiger partial charge on any atom is -0.266 e. The molecular weight excluding hydrogens is 110 g/mol. The Kier molecular flexibility index (Phi) is 4.02. The molecule has 0 N–H and O–H groups in total. The standard InChI is InChI=1S/C8H15N/c1-5-6-9-8(4)7(2)3/h5-7H,1-4H3/b6-5-,9-8?. The van der Waals surface area contributed by atoms with Gasteiger partial charge >= 0.3 is 0 Å². The van der Waals surface area contributed by atoms with Crippen LogP contribution in [0.2, 0.25) is 0 Å². The lowest BCUT2D eigenvalue weighted by atomic mass is 10.1. The molecule has 0 saturated heterocycles. The van der Waals surface area contributed by atoms with Gasteiger partial charge in [0.25, 0.3) is 0 Å². The fraction of sp³-hybridized carbons (Fsp3) is 0.625. The third-order valence-electron chi connectivity index (χ3n) is 1.26. The number of nitrogens with zero attached hydrogens (tertiary/aromatic N) is 1. The molecule has 1 heteroatoms.